The Bertz CT molecular complexity index is 379. The SMILES string of the molecule is O=C(CCCCCC=Cc1csc(Br)n1)NO. The fourth-order valence-electron chi connectivity index (χ4n) is 1.32. The number of thiazole rings is 1. The zero-order chi connectivity index (χ0) is 12.5. The Morgan fingerprint density at radius 3 is 3.00 bits per heavy atom. The lowest BCUT2D eigenvalue weighted by atomic mass is 10.1. The highest BCUT2D eigenvalue weighted by molar-refractivity contribution is 9.11. The molecule has 0 aromatic carbocycles. The zero-order valence-electron chi connectivity index (χ0n) is 9.36. The second-order valence-corrected chi connectivity index (χ2v) is 5.70. The molecule has 0 fully saturated rings. The van der Waals surface area contributed by atoms with Crippen molar-refractivity contribution in [1.29, 1.82) is 0 Å². The first-order valence-electron chi connectivity index (χ1n) is 5.43. The van der Waals surface area contributed by atoms with Crippen LogP contribution in [0.5, 0.6) is 0 Å². The Morgan fingerprint density at radius 2 is 2.35 bits per heavy atom. The van der Waals surface area contributed by atoms with E-state index in [9.17, 15) is 4.79 Å². The van der Waals surface area contributed by atoms with Crippen LogP contribution in [-0.2, 0) is 4.79 Å². The topological polar surface area (TPSA) is 62.2 Å². The molecule has 0 saturated heterocycles. The highest BCUT2D eigenvalue weighted by Gasteiger charge is 1.97. The van der Waals surface area contributed by atoms with Crippen LogP contribution in [0.15, 0.2) is 15.4 Å². The predicted molar refractivity (Wildman–Crippen MR) is 71.9 cm³/mol. The van der Waals surface area contributed by atoms with Gasteiger partial charge in [0.2, 0.25) is 5.91 Å². The number of nitrogens with one attached hydrogen (secondary N) is 1. The van der Waals surface area contributed by atoms with Crippen LogP contribution in [0.3, 0.4) is 0 Å². The highest BCUT2D eigenvalue weighted by Crippen LogP contribution is 2.17. The average Bonchev–Trinajstić information content (AvgIpc) is 2.73. The fraction of sp³-hybridized carbons (Fsp3) is 0.455. The van der Waals surface area contributed by atoms with Gasteiger partial charge in [-0.25, -0.2) is 10.5 Å². The predicted octanol–water partition coefficient (Wildman–Crippen LogP) is 3.37. The lowest BCUT2D eigenvalue weighted by Crippen LogP contribution is -2.17. The molecule has 1 amide bonds. The van der Waals surface area contributed by atoms with Gasteiger partial charge in [-0.3, -0.25) is 10.0 Å². The normalized spacial score (nSPS) is 10.9. The van der Waals surface area contributed by atoms with Gasteiger partial charge in [0.25, 0.3) is 0 Å². The van der Waals surface area contributed by atoms with Gasteiger partial charge in [-0.2, -0.15) is 0 Å². The lowest BCUT2D eigenvalue weighted by molar-refractivity contribution is -0.129. The van der Waals surface area contributed by atoms with Crippen LogP contribution in [0.1, 0.15) is 37.8 Å². The van der Waals surface area contributed by atoms with Crippen molar-refractivity contribution in [2.75, 3.05) is 0 Å². The number of aromatic nitrogens is 1. The minimum atomic E-state index is -0.312. The maximum Gasteiger partial charge on any atom is 0.243 e. The van der Waals surface area contributed by atoms with Gasteiger partial charge < -0.3 is 0 Å². The van der Waals surface area contributed by atoms with Crippen molar-refractivity contribution < 1.29 is 10.0 Å². The molecular weight excluding hydrogens is 304 g/mol. The van der Waals surface area contributed by atoms with E-state index in [0.29, 0.717) is 6.42 Å². The molecule has 0 atom stereocenters. The van der Waals surface area contributed by atoms with E-state index in [2.05, 4.69) is 27.0 Å². The second-order valence-electron chi connectivity index (χ2n) is 3.56. The first kappa shape index (κ1) is 14.3. The number of carbonyl (C=O) groups excluding carboxylic acids is 1. The molecule has 94 valence electrons. The Labute approximate surface area is 113 Å². The summed E-state index contributed by atoms with van der Waals surface area (Å²) in [5.41, 5.74) is 2.60. The summed E-state index contributed by atoms with van der Waals surface area (Å²) in [4.78, 5) is 14.9. The summed E-state index contributed by atoms with van der Waals surface area (Å²) in [5.74, 6) is -0.312. The number of allylic oxidation sites excluding steroid dienone is 1. The number of hydrogen-bond acceptors (Lipinski definition) is 4. The smallest absolute Gasteiger partial charge is 0.243 e. The largest absolute Gasteiger partial charge is 0.289 e. The number of rotatable bonds is 7. The molecule has 0 bridgehead atoms. The molecule has 0 aliphatic rings. The molecule has 6 heteroatoms. The van der Waals surface area contributed by atoms with E-state index in [4.69, 9.17) is 5.21 Å². The van der Waals surface area contributed by atoms with Gasteiger partial charge in [-0.1, -0.05) is 12.5 Å². The van der Waals surface area contributed by atoms with Gasteiger partial charge in [0.1, 0.15) is 0 Å². The Morgan fingerprint density at radius 1 is 1.53 bits per heavy atom. The third kappa shape index (κ3) is 6.55. The van der Waals surface area contributed by atoms with Crippen LogP contribution >= 0.6 is 27.3 Å². The number of unbranched alkanes of at least 4 members (excludes halogenated alkanes) is 3. The van der Waals surface area contributed by atoms with Crippen LogP contribution in [0, 0.1) is 0 Å². The third-order valence-corrected chi connectivity index (χ3v) is 3.57. The van der Waals surface area contributed by atoms with Crippen molar-refractivity contribution in [3.63, 3.8) is 0 Å². The van der Waals surface area contributed by atoms with E-state index >= 15 is 0 Å². The minimum Gasteiger partial charge on any atom is -0.289 e. The van der Waals surface area contributed by atoms with E-state index in [1.165, 1.54) is 0 Å². The number of nitrogens with zero attached hydrogens (tertiary/aromatic N) is 1. The Kier molecular flexibility index (Phi) is 7.07. The molecule has 2 N–H and O–H groups in total. The van der Waals surface area contributed by atoms with Gasteiger partial charge in [0, 0.05) is 11.8 Å². The van der Waals surface area contributed by atoms with Gasteiger partial charge in [-0.15, -0.1) is 11.3 Å². The van der Waals surface area contributed by atoms with E-state index in [0.717, 1.165) is 35.3 Å². The third-order valence-electron chi connectivity index (χ3n) is 2.18. The molecule has 1 heterocycles. The molecule has 0 radical (unpaired) electrons. The molecular formula is C11H15BrN2O2S. The second kappa shape index (κ2) is 8.38. The summed E-state index contributed by atoms with van der Waals surface area (Å²) in [7, 11) is 0. The molecule has 0 aliphatic carbocycles. The summed E-state index contributed by atoms with van der Waals surface area (Å²) in [6.07, 6.45) is 8.30. The molecule has 0 saturated carbocycles. The lowest BCUT2D eigenvalue weighted by Gasteiger charge is -1.97. The maximum atomic E-state index is 10.7. The van der Waals surface area contributed by atoms with Crippen molar-refractivity contribution >= 4 is 39.2 Å². The van der Waals surface area contributed by atoms with Crippen LogP contribution in [0.25, 0.3) is 6.08 Å². The minimum absolute atomic E-state index is 0.312. The summed E-state index contributed by atoms with van der Waals surface area (Å²) < 4.78 is 0.896. The average molecular weight is 319 g/mol. The molecule has 1 aromatic rings. The monoisotopic (exact) mass is 318 g/mol. The molecule has 1 aromatic heterocycles. The quantitative estimate of drug-likeness (QED) is 0.460. The number of amides is 1. The van der Waals surface area contributed by atoms with E-state index in [1.54, 1.807) is 16.8 Å². The molecule has 0 unspecified atom stereocenters. The van der Waals surface area contributed by atoms with E-state index in [-0.39, 0.29) is 5.91 Å². The van der Waals surface area contributed by atoms with Gasteiger partial charge in [0.05, 0.1) is 5.69 Å². The summed E-state index contributed by atoms with van der Waals surface area (Å²) >= 11 is 4.88. The Hall–Kier alpha value is -0.720. The van der Waals surface area contributed by atoms with Gasteiger partial charge in [-0.05, 0) is 41.3 Å². The van der Waals surface area contributed by atoms with Crippen molar-refractivity contribution in [1.82, 2.24) is 10.5 Å². The van der Waals surface area contributed by atoms with Crippen LogP contribution in [0.4, 0.5) is 0 Å². The van der Waals surface area contributed by atoms with Gasteiger partial charge >= 0.3 is 0 Å². The maximum absolute atomic E-state index is 10.7. The molecule has 1 rings (SSSR count). The van der Waals surface area contributed by atoms with Crippen molar-refractivity contribution in [2.24, 2.45) is 0 Å². The number of halogens is 1. The standard InChI is InChI=1S/C11H15BrN2O2S/c12-11-13-9(8-17-11)6-4-2-1-3-5-7-10(15)14-16/h4,6,8,16H,1-3,5,7H2,(H,14,15). The van der Waals surface area contributed by atoms with E-state index in [1.807, 2.05) is 11.5 Å². The van der Waals surface area contributed by atoms with Crippen molar-refractivity contribution in [3.05, 3.63) is 21.1 Å². The van der Waals surface area contributed by atoms with Crippen molar-refractivity contribution in [2.45, 2.75) is 32.1 Å². The molecule has 0 spiro atoms. The first-order valence-corrected chi connectivity index (χ1v) is 7.10. The molecule has 17 heavy (non-hydrogen) atoms. The number of hydrogen-bond donors (Lipinski definition) is 2. The Balaban J connectivity index is 2.04. The number of carbonyl (C=O) groups is 1. The summed E-state index contributed by atoms with van der Waals surface area (Å²) in [5, 5.41) is 10.3. The van der Waals surface area contributed by atoms with E-state index < -0.39 is 0 Å². The molecule has 4 nitrogen and oxygen atoms in total. The molecule has 0 aliphatic heterocycles. The summed E-state index contributed by atoms with van der Waals surface area (Å²) in [6, 6.07) is 0. The highest BCUT2D eigenvalue weighted by atomic mass is 79.9. The van der Waals surface area contributed by atoms with Crippen LogP contribution in [0.2, 0.25) is 0 Å². The van der Waals surface area contributed by atoms with Gasteiger partial charge in [0.15, 0.2) is 3.92 Å². The van der Waals surface area contributed by atoms with Crippen molar-refractivity contribution in [3.8, 4) is 0 Å². The zero-order valence-corrected chi connectivity index (χ0v) is 11.8. The fourth-order valence-corrected chi connectivity index (χ4v) is 2.32. The van der Waals surface area contributed by atoms with Crippen LogP contribution < -0.4 is 5.48 Å². The summed E-state index contributed by atoms with van der Waals surface area (Å²) in [6.45, 7) is 0. The number of hydroxylamine groups is 1. The first-order chi connectivity index (χ1) is 8.22. The van der Waals surface area contributed by atoms with Crippen LogP contribution in [-0.4, -0.2) is 16.1 Å².